The molecule has 1 aliphatic rings. The highest BCUT2D eigenvalue weighted by atomic mass is 16.5. The van der Waals surface area contributed by atoms with Gasteiger partial charge in [-0.25, -0.2) is 0 Å². The number of morpholine rings is 1. The largest absolute Gasteiger partial charge is 0.395 e. The molecule has 0 aliphatic carbocycles. The SMILES string of the molecule is C#CCN1CCOC[C@@H]1CO. The van der Waals surface area contributed by atoms with Crippen molar-refractivity contribution in [1.29, 1.82) is 0 Å². The first-order chi connectivity index (χ1) is 5.38. The van der Waals surface area contributed by atoms with Crippen LogP contribution in [0.1, 0.15) is 0 Å². The highest BCUT2D eigenvalue weighted by Gasteiger charge is 2.20. The minimum Gasteiger partial charge on any atom is -0.395 e. The Kier molecular flexibility index (Phi) is 3.37. The Morgan fingerprint density at radius 2 is 2.55 bits per heavy atom. The number of ether oxygens (including phenoxy) is 1. The summed E-state index contributed by atoms with van der Waals surface area (Å²) in [6.45, 7) is 2.88. The van der Waals surface area contributed by atoms with Crippen LogP contribution in [-0.4, -0.2) is 49.0 Å². The molecule has 1 saturated heterocycles. The van der Waals surface area contributed by atoms with Gasteiger partial charge in [-0.15, -0.1) is 6.42 Å². The standard InChI is InChI=1S/C8H13NO2/c1-2-3-9-4-5-11-7-8(9)6-10/h1,8,10H,3-7H2/t8-/m0/s1. The molecule has 0 saturated carbocycles. The van der Waals surface area contributed by atoms with Crippen LogP contribution in [-0.2, 0) is 4.74 Å². The molecule has 0 aromatic heterocycles. The highest BCUT2D eigenvalue weighted by molar-refractivity contribution is 4.91. The first kappa shape index (κ1) is 8.54. The summed E-state index contributed by atoms with van der Waals surface area (Å²) >= 11 is 0. The summed E-state index contributed by atoms with van der Waals surface area (Å²) in [6.07, 6.45) is 5.16. The van der Waals surface area contributed by atoms with Gasteiger partial charge < -0.3 is 9.84 Å². The molecule has 62 valence electrons. The van der Waals surface area contributed by atoms with Crippen molar-refractivity contribution in [2.24, 2.45) is 0 Å². The number of nitrogens with zero attached hydrogens (tertiary/aromatic N) is 1. The molecule has 1 rings (SSSR count). The van der Waals surface area contributed by atoms with Gasteiger partial charge in [0.05, 0.1) is 32.4 Å². The number of terminal acetylenes is 1. The first-order valence-corrected chi connectivity index (χ1v) is 3.74. The third kappa shape index (κ3) is 2.19. The van der Waals surface area contributed by atoms with E-state index in [1.807, 2.05) is 0 Å². The van der Waals surface area contributed by atoms with E-state index >= 15 is 0 Å². The number of aliphatic hydroxyl groups excluding tert-OH is 1. The van der Waals surface area contributed by atoms with Crippen LogP contribution in [0.4, 0.5) is 0 Å². The van der Waals surface area contributed by atoms with E-state index in [1.54, 1.807) is 0 Å². The Bertz CT molecular complexity index is 153. The van der Waals surface area contributed by atoms with Crippen LogP contribution >= 0.6 is 0 Å². The molecule has 3 nitrogen and oxygen atoms in total. The lowest BCUT2D eigenvalue weighted by Gasteiger charge is -2.32. The van der Waals surface area contributed by atoms with Gasteiger partial charge in [-0.1, -0.05) is 5.92 Å². The molecule has 0 amide bonds. The zero-order valence-corrected chi connectivity index (χ0v) is 6.49. The second-order valence-corrected chi connectivity index (χ2v) is 2.59. The molecule has 0 aromatic rings. The van der Waals surface area contributed by atoms with Crippen molar-refractivity contribution in [3.8, 4) is 12.3 Å². The molecule has 0 spiro atoms. The molecule has 1 heterocycles. The van der Waals surface area contributed by atoms with Gasteiger partial charge in [-0.3, -0.25) is 4.90 Å². The molecule has 0 aromatic carbocycles. The molecule has 1 aliphatic heterocycles. The number of hydrogen-bond donors (Lipinski definition) is 1. The van der Waals surface area contributed by atoms with Crippen LogP contribution in [0.2, 0.25) is 0 Å². The van der Waals surface area contributed by atoms with Crippen molar-refractivity contribution in [2.75, 3.05) is 32.9 Å². The van der Waals surface area contributed by atoms with E-state index in [9.17, 15) is 0 Å². The lowest BCUT2D eigenvalue weighted by molar-refractivity contribution is -0.0210. The Labute approximate surface area is 67.0 Å². The van der Waals surface area contributed by atoms with Gasteiger partial charge in [0, 0.05) is 6.54 Å². The van der Waals surface area contributed by atoms with Crippen LogP contribution in [0.5, 0.6) is 0 Å². The fourth-order valence-corrected chi connectivity index (χ4v) is 1.18. The summed E-state index contributed by atoms with van der Waals surface area (Å²) in [7, 11) is 0. The quantitative estimate of drug-likeness (QED) is 0.536. The van der Waals surface area contributed by atoms with E-state index in [1.165, 1.54) is 0 Å². The maximum Gasteiger partial charge on any atom is 0.0645 e. The van der Waals surface area contributed by atoms with Gasteiger partial charge in [-0.05, 0) is 0 Å². The zero-order chi connectivity index (χ0) is 8.10. The van der Waals surface area contributed by atoms with Gasteiger partial charge in [0.2, 0.25) is 0 Å². The summed E-state index contributed by atoms with van der Waals surface area (Å²) in [5, 5.41) is 8.90. The van der Waals surface area contributed by atoms with Crippen LogP contribution < -0.4 is 0 Å². The number of rotatable bonds is 2. The second-order valence-electron chi connectivity index (χ2n) is 2.59. The van der Waals surface area contributed by atoms with Crippen molar-refractivity contribution < 1.29 is 9.84 Å². The lowest BCUT2D eigenvalue weighted by atomic mass is 10.2. The van der Waals surface area contributed by atoms with Crippen molar-refractivity contribution in [1.82, 2.24) is 4.90 Å². The summed E-state index contributed by atoms with van der Waals surface area (Å²) in [5.41, 5.74) is 0. The normalized spacial score (nSPS) is 26.4. The maximum absolute atomic E-state index is 8.90. The van der Waals surface area contributed by atoms with Crippen LogP contribution in [0, 0.1) is 12.3 Å². The highest BCUT2D eigenvalue weighted by Crippen LogP contribution is 2.04. The van der Waals surface area contributed by atoms with Crippen molar-refractivity contribution >= 4 is 0 Å². The van der Waals surface area contributed by atoms with E-state index in [4.69, 9.17) is 16.3 Å². The maximum atomic E-state index is 8.90. The van der Waals surface area contributed by atoms with E-state index < -0.39 is 0 Å². The Hall–Kier alpha value is -0.560. The molecular formula is C8H13NO2. The molecule has 11 heavy (non-hydrogen) atoms. The monoisotopic (exact) mass is 155 g/mol. The van der Waals surface area contributed by atoms with Crippen LogP contribution in [0.25, 0.3) is 0 Å². The fraction of sp³-hybridized carbons (Fsp3) is 0.750. The molecular weight excluding hydrogens is 142 g/mol. The smallest absolute Gasteiger partial charge is 0.0645 e. The molecule has 1 atom stereocenters. The van der Waals surface area contributed by atoms with Crippen molar-refractivity contribution in [3.05, 3.63) is 0 Å². The Balaban J connectivity index is 2.39. The summed E-state index contributed by atoms with van der Waals surface area (Å²) in [6, 6.07) is 0.0970. The van der Waals surface area contributed by atoms with Gasteiger partial charge >= 0.3 is 0 Å². The van der Waals surface area contributed by atoms with Crippen LogP contribution in [0.15, 0.2) is 0 Å². The number of hydrogen-bond acceptors (Lipinski definition) is 3. The predicted molar refractivity (Wildman–Crippen MR) is 42.1 cm³/mol. The first-order valence-electron chi connectivity index (χ1n) is 3.74. The van der Waals surface area contributed by atoms with E-state index in [-0.39, 0.29) is 12.6 Å². The molecule has 0 bridgehead atoms. The van der Waals surface area contributed by atoms with E-state index in [0.717, 1.165) is 13.2 Å². The summed E-state index contributed by atoms with van der Waals surface area (Å²) in [5.74, 6) is 2.56. The van der Waals surface area contributed by atoms with E-state index in [0.29, 0.717) is 13.2 Å². The van der Waals surface area contributed by atoms with Crippen molar-refractivity contribution in [2.45, 2.75) is 6.04 Å². The fourth-order valence-electron chi connectivity index (χ4n) is 1.18. The average molecular weight is 155 g/mol. The van der Waals surface area contributed by atoms with Gasteiger partial charge in [0.15, 0.2) is 0 Å². The average Bonchev–Trinajstić information content (AvgIpc) is 2.06. The Morgan fingerprint density at radius 1 is 1.73 bits per heavy atom. The Morgan fingerprint density at radius 3 is 3.18 bits per heavy atom. The third-order valence-corrected chi connectivity index (χ3v) is 1.85. The lowest BCUT2D eigenvalue weighted by Crippen LogP contribution is -2.47. The van der Waals surface area contributed by atoms with Crippen molar-refractivity contribution in [3.63, 3.8) is 0 Å². The van der Waals surface area contributed by atoms with Gasteiger partial charge in [0.25, 0.3) is 0 Å². The molecule has 0 unspecified atom stereocenters. The summed E-state index contributed by atoms with van der Waals surface area (Å²) < 4.78 is 5.18. The van der Waals surface area contributed by atoms with Crippen LogP contribution in [0.3, 0.4) is 0 Å². The van der Waals surface area contributed by atoms with E-state index in [2.05, 4.69) is 10.8 Å². The molecule has 1 N–H and O–H groups in total. The minimum atomic E-state index is 0.0970. The zero-order valence-electron chi connectivity index (χ0n) is 6.49. The summed E-state index contributed by atoms with van der Waals surface area (Å²) in [4.78, 5) is 2.06. The second kappa shape index (κ2) is 4.35. The molecule has 0 radical (unpaired) electrons. The third-order valence-electron chi connectivity index (χ3n) is 1.85. The number of aliphatic hydroxyl groups is 1. The minimum absolute atomic E-state index is 0.0970. The van der Waals surface area contributed by atoms with Gasteiger partial charge in [0.1, 0.15) is 0 Å². The topological polar surface area (TPSA) is 32.7 Å². The van der Waals surface area contributed by atoms with Gasteiger partial charge in [-0.2, -0.15) is 0 Å². The molecule has 3 heteroatoms. The molecule has 1 fully saturated rings. The predicted octanol–water partition coefficient (Wildman–Crippen LogP) is -0.687.